The van der Waals surface area contributed by atoms with E-state index in [-0.39, 0.29) is 24.0 Å². The van der Waals surface area contributed by atoms with Crippen LogP contribution in [0.4, 0.5) is 11.4 Å². The maximum absolute atomic E-state index is 12.1. The van der Waals surface area contributed by atoms with Crippen molar-refractivity contribution in [1.29, 1.82) is 0 Å². The van der Waals surface area contributed by atoms with Gasteiger partial charge in [-0.2, -0.15) is 0 Å². The third-order valence-electron chi connectivity index (χ3n) is 3.35. The molecule has 6 nitrogen and oxygen atoms in total. The normalized spacial score (nSPS) is 22.1. The Balaban J connectivity index is 1.85. The summed E-state index contributed by atoms with van der Waals surface area (Å²) < 4.78 is 5.65. The summed E-state index contributed by atoms with van der Waals surface area (Å²) in [6, 6.07) is 7.06. The number of nitrogens with zero attached hydrogens (tertiary/aromatic N) is 1. The van der Waals surface area contributed by atoms with Crippen molar-refractivity contribution in [2.45, 2.75) is 33.0 Å². The van der Waals surface area contributed by atoms with Crippen molar-refractivity contribution >= 4 is 23.2 Å². The lowest BCUT2D eigenvalue weighted by Crippen LogP contribution is -2.48. The number of anilines is 2. The number of ether oxygens (including phenoxy) is 1. The van der Waals surface area contributed by atoms with E-state index in [2.05, 4.69) is 15.5 Å². The van der Waals surface area contributed by atoms with Crippen molar-refractivity contribution in [1.82, 2.24) is 4.90 Å². The van der Waals surface area contributed by atoms with Crippen LogP contribution < -0.4 is 10.6 Å². The van der Waals surface area contributed by atoms with Crippen molar-refractivity contribution in [3.63, 3.8) is 0 Å². The molecule has 1 aromatic carbocycles. The van der Waals surface area contributed by atoms with Gasteiger partial charge in [-0.1, -0.05) is 0 Å². The van der Waals surface area contributed by atoms with Crippen molar-refractivity contribution in [2.24, 2.45) is 0 Å². The molecule has 1 saturated heterocycles. The minimum absolute atomic E-state index is 0.0476. The van der Waals surface area contributed by atoms with E-state index in [1.165, 1.54) is 6.92 Å². The number of carbonyl (C=O) groups is 2. The quantitative estimate of drug-likeness (QED) is 0.888. The van der Waals surface area contributed by atoms with Crippen LogP contribution >= 0.6 is 0 Å². The second kappa shape index (κ2) is 7.38. The van der Waals surface area contributed by atoms with Crippen molar-refractivity contribution in [3.8, 4) is 0 Å². The molecule has 120 valence electrons. The minimum Gasteiger partial charge on any atom is -0.373 e. The fourth-order valence-electron chi connectivity index (χ4n) is 2.66. The molecule has 1 aliphatic heterocycles. The summed E-state index contributed by atoms with van der Waals surface area (Å²) in [6.45, 7) is 7.37. The zero-order chi connectivity index (χ0) is 16.1. The molecule has 1 aliphatic rings. The third kappa shape index (κ3) is 5.13. The Labute approximate surface area is 130 Å². The first-order chi connectivity index (χ1) is 10.4. The Kier molecular flexibility index (Phi) is 5.51. The lowest BCUT2D eigenvalue weighted by molar-refractivity contribution is -0.121. The van der Waals surface area contributed by atoms with Gasteiger partial charge in [0.15, 0.2) is 0 Å². The van der Waals surface area contributed by atoms with Crippen molar-refractivity contribution in [3.05, 3.63) is 24.3 Å². The molecule has 0 unspecified atom stereocenters. The van der Waals surface area contributed by atoms with Gasteiger partial charge in [-0.3, -0.25) is 14.5 Å². The van der Waals surface area contributed by atoms with Crippen LogP contribution in [0.2, 0.25) is 0 Å². The summed E-state index contributed by atoms with van der Waals surface area (Å²) >= 11 is 0. The molecule has 1 aromatic rings. The fraction of sp³-hybridized carbons (Fsp3) is 0.500. The molecule has 0 bridgehead atoms. The molecule has 6 heteroatoms. The lowest BCUT2D eigenvalue weighted by Gasteiger charge is -2.34. The molecular weight excluding hydrogens is 282 g/mol. The van der Waals surface area contributed by atoms with Gasteiger partial charge in [-0.25, -0.2) is 0 Å². The summed E-state index contributed by atoms with van der Waals surface area (Å²) in [7, 11) is 0. The zero-order valence-electron chi connectivity index (χ0n) is 13.3. The molecular formula is C16H23N3O3. The highest BCUT2D eigenvalue weighted by molar-refractivity contribution is 5.93. The highest BCUT2D eigenvalue weighted by Crippen LogP contribution is 2.14. The Bertz CT molecular complexity index is 520. The van der Waals surface area contributed by atoms with Crippen LogP contribution in [-0.4, -0.2) is 48.6 Å². The summed E-state index contributed by atoms with van der Waals surface area (Å²) in [4.78, 5) is 25.1. The Morgan fingerprint density at radius 3 is 2.09 bits per heavy atom. The lowest BCUT2D eigenvalue weighted by atomic mass is 10.2. The van der Waals surface area contributed by atoms with Crippen molar-refractivity contribution < 1.29 is 14.3 Å². The summed E-state index contributed by atoms with van der Waals surface area (Å²) in [5.41, 5.74) is 1.43. The van der Waals surface area contributed by atoms with Gasteiger partial charge in [-0.05, 0) is 38.1 Å². The number of benzene rings is 1. The Hall–Kier alpha value is -1.92. The first-order valence-electron chi connectivity index (χ1n) is 7.47. The fourth-order valence-corrected chi connectivity index (χ4v) is 2.66. The number of hydrogen-bond acceptors (Lipinski definition) is 4. The standard InChI is InChI=1S/C16H23N3O3/c1-11-8-19(9-12(2)22-11)10-16(21)18-15-6-4-14(5-7-15)17-13(3)20/h4-7,11-12H,8-10H2,1-3H3,(H,17,20)(H,18,21)/t11-,12+. The summed E-state index contributed by atoms with van der Waals surface area (Å²) in [5.74, 6) is -0.166. The second-order valence-corrected chi connectivity index (χ2v) is 5.76. The van der Waals surface area contributed by atoms with E-state index in [0.717, 1.165) is 13.1 Å². The highest BCUT2D eigenvalue weighted by atomic mass is 16.5. The highest BCUT2D eigenvalue weighted by Gasteiger charge is 2.23. The van der Waals surface area contributed by atoms with E-state index < -0.39 is 0 Å². The number of rotatable bonds is 4. The SMILES string of the molecule is CC(=O)Nc1ccc(NC(=O)CN2C[C@@H](C)O[C@@H](C)C2)cc1. The first kappa shape index (κ1) is 16.5. The van der Waals surface area contributed by atoms with Crippen LogP contribution in [0.15, 0.2) is 24.3 Å². The van der Waals surface area contributed by atoms with E-state index in [9.17, 15) is 9.59 Å². The van der Waals surface area contributed by atoms with Gasteiger partial charge in [0.25, 0.3) is 0 Å². The third-order valence-corrected chi connectivity index (χ3v) is 3.35. The molecule has 2 rings (SSSR count). The van der Waals surface area contributed by atoms with E-state index in [0.29, 0.717) is 17.9 Å². The minimum atomic E-state index is -0.118. The molecule has 0 aromatic heterocycles. The van der Waals surface area contributed by atoms with Crippen LogP contribution in [0.3, 0.4) is 0 Å². The van der Waals surface area contributed by atoms with Gasteiger partial charge >= 0.3 is 0 Å². The molecule has 1 fully saturated rings. The van der Waals surface area contributed by atoms with Gasteiger partial charge in [0, 0.05) is 31.4 Å². The molecule has 2 amide bonds. The van der Waals surface area contributed by atoms with Crippen LogP contribution in [0.25, 0.3) is 0 Å². The Morgan fingerprint density at radius 2 is 1.59 bits per heavy atom. The molecule has 2 atom stereocenters. The van der Waals surface area contributed by atoms with E-state index in [4.69, 9.17) is 4.74 Å². The first-order valence-corrected chi connectivity index (χ1v) is 7.47. The molecule has 1 heterocycles. The number of morpholine rings is 1. The van der Waals surface area contributed by atoms with Gasteiger partial charge in [0.05, 0.1) is 18.8 Å². The second-order valence-electron chi connectivity index (χ2n) is 5.76. The van der Waals surface area contributed by atoms with Gasteiger partial charge < -0.3 is 15.4 Å². The van der Waals surface area contributed by atoms with Crippen molar-refractivity contribution in [2.75, 3.05) is 30.3 Å². The molecule has 0 radical (unpaired) electrons. The Morgan fingerprint density at radius 1 is 1.09 bits per heavy atom. The maximum Gasteiger partial charge on any atom is 0.238 e. The predicted octanol–water partition coefficient (Wildman–Crippen LogP) is 1.69. The molecule has 0 aliphatic carbocycles. The largest absolute Gasteiger partial charge is 0.373 e. The number of hydrogen-bond donors (Lipinski definition) is 2. The van der Waals surface area contributed by atoms with Gasteiger partial charge in [0.1, 0.15) is 0 Å². The topological polar surface area (TPSA) is 70.7 Å². The van der Waals surface area contributed by atoms with Crippen LogP contribution in [-0.2, 0) is 14.3 Å². The van der Waals surface area contributed by atoms with Gasteiger partial charge in [0.2, 0.25) is 11.8 Å². The van der Waals surface area contributed by atoms with Crippen LogP contribution in [0, 0.1) is 0 Å². The number of carbonyl (C=O) groups excluding carboxylic acids is 2. The smallest absolute Gasteiger partial charge is 0.238 e. The van der Waals surface area contributed by atoms with E-state index >= 15 is 0 Å². The average Bonchev–Trinajstić information content (AvgIpc) is 2.39. The molecule has 0 spiro atoms. The number of amides is 2. The number of nitrogens with one attached hydrogen (secondary N) is 2. The van der Waals surface area contributed by atoms with E-state index in [1.54, 1.807) is 24.3 Å². The van der Waals surface area contributed by atoms with Crippen LogP contribution in [0.5, 0.6) is 0 Å². The molecule has 0 saturated carbocycles. The monoisotopic (exact) mass is 305 g/mol. The average molecular weight is 305 g/mol. The maximum atomic E-state index is 12.1. The van der Waals surface area contributed by atoms with E-state index in [1.807, 2.05) is 13.8 Å². The summed E-state index contributed by atoms with van der Waals surface area (Å²) in [6.07, 6.45) is 0.293. The molecule has 2 N–H and O–H groups in total. The summed E-state index contributed by atoms with van der Waals surface area (Å²) in [5, 5.41) is 5.55. The molecule has 22 heavy (non-hydrogen) atoms. The predicted molar refractivity (Wildman–Crippen MR) is 85.8 cm³/mol. The van der Waals surface area contributed by atoms with Gasteiger partial charge in [-0.15, -0.1) is 0 Å². The zero-order valence-corrected chi connectivity index (χ0v) is 13.3. The van der Waals surface area contributed by atoms with Crippen LogP contribution in [0.1, 0.15) is 20.8 Å².